The first kappa shape index (κ1) is 20.3. The van der Waals surface area contributed by atoms with Gasteiger partial charge in [-0.1, -0.05) is 42.0 Å². The smallest absolute Gasteiger partial charge is 0.345 e. The minimum atomic E-state index is -0.404. The number of nitrogens with zero attached hydrogens (tertiary/aromatic N) is 1. The van der Waals surface area contributed by atoms with E-state index in [1.165, 1.54) is 16.9 Å². The van der Waals surface area contributed by atoms with Crippen LogP contribution in [0.2, 0.25) is 0 Å². The second-order valence-corrected chi connectivity index (χ2v) is 8.63. The van der Waals surface area contributed by atoms with Crippen LogP contribution in [0.5, 0.6) is 0 Å². The molecule has 4 aromatic rings. The molecule has 0 atom stereocenters. The van der Waals surface area contributed by atoms with Crippen molar-refractivity contribution in [3.05, 3.63) is 81.0 Å². The molecule has 0 aliphatic rings. The van der Waals surface area contributed by atoms with Gasteiger partial charge in [-0.25, -0.2) is 4.79 Å². The minimum absolute atomic E-state index is 0.151. The van der Waals surface area contributed by atoms with E-state index in [-0.39, 0.29) is 5.91 Å². The van der Waals surface area contributed by atoms with Crippen LogP contribution >= 0.6 is 11.3 Å². The van der Waals surface area contributed by atoms with Crippen molar-refractivity contribution < 1.29 is 9.21 Å². The summed E-state index contributed by atoms with van der Waals surface area (Å²) < 4.78 is 6.21. The highest BCUT2D eigenvalue weighted by molar-refractivity contribution is 7.21. The predicted molar refractivity (Wildman–Crippen MR) is 122 cm³/mol. The number of fused-ring (bicyclic) bond motifs is 3. The lowest BCUT2D eigenvalue weighted by Gasteiger charge is -2.16. The Hall–Kier alpha value is -2.96. The molecule has 30 heavy (non-hydrogen) atoms. The van der Waals surface area contributed by atoms with Crippen molar-refractivity contribution in [1.82, 2.24) is 10.2 Å². The third kappa shape index (κ3) is 4.45. The van der Waals surface area contributed by atoms with Gasteiger partial charge in [-0.15, -0.1) is 11.3 Å². The SMILES string of the molecule is Cc1ccc2oc(=O)c3cc(C(=O)NCCCN(C)Cc4ccccc4)sc3c2c1. The number of carbonyl (C=O) groups excluding carboxylic acids is 1. The summed E-state index contributed by atoms with van der Waals surface area (Å²) in [6.07, 6.45) is 0.851. The molecule has 2 heterocycles. The van der Waals surface area contributed by atoms with Crippen molar-refractivity contribution in [1.29, 1.82) is 0 Å². The van der Waals surface area contributed by atoms with E-state index in [1.54, 1.807) is 12.1 Å². The van der Waals surface area contributed by atoms with E-state index in [0.29, 0.717) is 22.4 Å². The Balaban J connectivity index is 1.39. The number of hydrogen-bond donors (Lipinski definition) is 1. The number of thiophene rings is 1. The molecule has 0 aliphatic carbocycles. The molecular formula is C24H24N2O3S. The summed E-state index contributed by atoms with van der Waals surface area (Å²) in [5, 5.41) is 4.31. The molecule has 0 radical (unpaired) electrons. The highest BCUT2D eigenvalue weighted by Gasteiger charge is 2.16. The lowest BCUT2D eigenvalue weighted by molar-refractivity contribution is 0.0956. The summed E-state index contributed by atoms with van der Waals surface area (Å²) in [5.41, 5.74) is 2.50. The van der Waals surface area contributed by atoms with Gasteiger partial charge < -0.3 is 14.6 Å². The molecule has 1 amide bonds. The molecule has 0 aliphatic heterocycles. The molecule has 0 spiro atoms. The van der Waals surface area contributed by atoms with Crippen molar-refractivity contribution in [3.8, 4) is 0 Å². The maximum atomic E-state index is 12.6. The van der Waals surface area contributed by atoms with E-state index >= 15 is 0 Å². The van der Waals surface area contributed by atoms with Gasteiger partial charge in [0.2, 0.25) is 0 Å². The molecule has 4 rings (SSSR count). The molecule has 0 fully saturated rings. The van der Waals surface area contributed by atoms with E-state index in [0.717, 1.165) is 35.2 Å². The molecule has 0 saturated carbocycles. The Morgan fingerprint density at radius 1 is 1.10 bits per heavy atom. The summed E-state index contributed by atoms with van der Waals surface area (Å²) in [7, 11) is 2.08. The number of amides is 1. The standard InChI is InChI=1S/C24H24N2O3S/c1-16-9-10-20-18(13-16)22-19(24(28)29-20)14-21(30-22)23(27)25-11-6-12-26(2)15-17-7-4-3-5-8-17/h3-5,7-10,13-14H,6,11-12,15H2,1-2H3,(H,25,27). The first-order chi connectivity index (χ1) is 14.5. The largest absolute Gasteiger partial charge is 0.422 e. The first-order valence-corrected chi connectivity index (χ1v) is 10.8. The number of carbonyl (C=O) groups is 1. The predicted octanol–water partition coefficient (Wildman–Crippen LogP) is 4.57. The second-order valence-electron chi connectivity index (χ2n) is 7.58. The third-order valence-corrected chi connectivity index (χ3v) is 6.22. The third-order valence-electron chi connectivity index (χ3n) is 5.06. The van der Waals surface area contributed by atoms with Crippen LogP contribution in [0.25, 0.3) is 21.1 Å². The van der Waals surface area contributed by atoms with E-state index < -0.39 is 5.63 Å². The van der Waals surface area contributed by atoms with Crippen LogP contribution in [0, 0.1) is 6.92 Å². The van der Waals surface area contributed by atoms with Crippen molar-refractivity contribution >= 4 is 38.3 Å². The number of aryl methyl sites for hydroxylation is 1. The average Bonchev–Trinajstić information content (AvgIpc) is 3.19. The molecular weight excluding hydrogens is 396 g/mol. The summed E-state index contributed by atoms with van der Waals surface area (Å²) in [4.78, 5) is 27.7. The summed E-state index contributed by atoms with van der Waals surface area (Å²) in [5.74, 6) is -0.151. The van der Waals surface area contributed by atoms with Gasteiger partial charge in [-0.2, -0.15) is 0 Å². The van der Waals surface area contributed by atoms with Crippen LogP contribution in [0.1, 0.15) is 27.2 Å². The van der Waals surface area contributed by atoms with Gasteiger partial charge in [0.05, 0.1) is 15.0 Å². The van der Waals surface area contributed by atoms with Crippen LogP contribution in [-0.2, 0) is 6.54 Å². The number of hydrogen-bond acceptors (Lipinski definition) is 5. The van der Waals surface area contributed by atoms with Gasteiger partial charge in [0.25, 0.3) is 5.91 Å². The van der Waals surface area contributed by atoms with Crippen LogP contribution in [0.3, 0.4) is 0 Å². The van der Waals surface area contributed by atoms with Gasteiger partial charge in [0, 0.05) is 18.5 Å². The molecule has 0 saturated heterocycles. The van der Waals surface area contributed by atoms with Gasteiger partial charge in [-0.3, -0.25) is 4.79 Å². The summed E-state index contributed by atoms with van der Waals surface area (Å²) in [6.45, 7) is 4.34. The Bertz CT molecular complexity index is 1240. The number of benzene rings is 2. The fraction of sp³-hybridized carbons (Fsp3) is 0.250. The fourth-order valence-electron chi connectivity index (χ4n) is 3.53. The molecule has 2 aromatic carbocycles. The molecule has 0 bridgehead atoms. The molecule has 5 nitrogen and oxygen atoms in total. The molecule has 2 aromatic heterocycles. The lowest BCUT2D eigenvalue weighted by Crippen LogP contribution is -2.27. The Morgan fingerprint density at radius 3 is 2.70 bits per heavy atom. The topological polar surface area (TPSA) is 62.6 Å². The minimum Gasteiger partial charge on any atom is -0.422 e. The average molecular weight is 421 g/mol. The van der Waals surface area contributed by atoms with Crippen molar-refractivity contribution in [2.45, 2.75) is 19.9 Å². The summed E-state index contributed by atoms with van der Waals surface area (Å²) >= 11 is 1.34. The van der Waals surface area contributed by atoms with Crippen molar-refractivity contribution in [2.24, 2.45) is 0 Å². The first-order valence-electron chi connectivity index (χ1n) is 9.99. The van der Waals surface area contributed by atoms with Gasteiger partial charge in [0.15, 0.2) is 0 Å². The Labute approximate surface area is 178 Å². The van der Waals surface area contributed by atoms with Crippen LogP contribution in [-0.4, -0.2) is 30.9 Å². The molecule has 0 unspecified atom stereocenters. The maximum absolute atomic E-state index is 12.6. The monoisotopic (exact) mass is 420 g/mol. The van der Waals surface area contributed by atoms with E-state index in [9.17, 15) is 9.59 Å². The molecule has 154 valence electrons. The summed E-state index contributed by atoms with van der Waals surface area (Å²) in [6, 6.07) is 17.7. The molecule has 6 heteroatoms. The van der Waals surface area contributed by atoms with Crippen molar-refractivity contribution in [3.63, 3.8) is 0 Å². The fourth-order valence-corrected chi connectivity index (χ4v) is 4.62. The number of rotatable bonds is 7. The normalized spacial score (nSPS) is 11.4. The van der Waals surface area contributed by atoms with Crippen LogP contribution in [0.15, 0.2) is 63.8 Å². The van der Waals surface area contributed by atoms with Crippen LogP contribution < -0.4 is 10.9 Å². The highest BCUT2D eigenvalue weighted by Crippen LogP contribution is 2.31. The lowest BCUT2D eigenvalue weighted by atomic mass is 10.1. The van der Waals surface area contributed by atoms with Crippen LogP contribution in [0.4, 0.5) is 0 Å². The molecule has 1 N–H and O–H groups in total. The van der Waals surface area contributed by atoms with Crippen molar-refractivity contribution in [2.75, 3.05) is 20.1 Å². The quantitative estimate of drug-likeness (QED) is 0.351. The van der Waals surface area contributed by atoms with E-state index in [4.69, 9.17) is 4.42 Å². The van der Waals surface area contributed by atoms with Gasteiger partial charge in [-0.05, 0) is 50.7 Å². The van der Waals surface area contributed by atoms with Gasteiger partial charge in [0.1, 0.15) is 5.58 Å². The zero-order chi connectivity index (χ0) is 21.1. The Kier molecular flexibility index (Phi) is 5.97. The number of nitrogens with one attached hydrogen (secondary N) is 1. The van der Waals surface area contributed by atoms with E-state index in [2.05, 4.69) is 29.4 Å². The van der Waals surface area contributed by atoms with Gasteiger partial charge >= 0.3 is 5.63 Å². The zero-order valence-electron chi connectivity index (χ0n) is 17.1. The Morgan fingerprint density at radius 2 is 1.90 bits per heavy atom. The maximum Gasteiger partial charge on any atom is 0.345 e. The second kappa shape index (κ2) is 8.81. The zero-order valence-corrected chi connectivity index (χ0v) is 17.9. The van der Waals surface area contributed by atoms with E-state index in [1.807, 2.05) is 37.3 Å². The highest BCUT2D eigenvalue weighted by atomic mass is 32.1.